The molecule has 1 aromatic heterocycles. The van der Waals surface area contributed by atoms with Crippen LogP contribution in [-0.2, 0) is 6.54 Å². The number of nitrogens with zero attached hydrogens (tertiary/aromatic N) is 2. The van der Waals surface area contributed by atoms with Crippen LogP contribution in [0.2, 0.25) is 0 Å². The van der Waals surface area contributed by atoms with Crippen molar-refractivity contribution in [1.29, 1.82) is 0 Å². The molecule has 2 aliphatic rings. The molecule has 2 N–H and O–H groups in total. The van der Waals surface area contributed by atoms with Gasteiger partial charge in [0.1, 0.15) is 0 Å². The zero-order chi connectivity index (χ0) is 12.0. The number of nitrogens with two attached hydrogens (primary N) is 1. The van der Waals surface area contributed by atoms with E-state index in [4.69, 9.17) is 5.73 Å². The molecule has 3 nitrogen and oxygen atoms in total. The number of aryl methyl sites for hydroxylation is 1. The largest absolute Gasteiger partial charge is 0.322 e. The number of fused-ring (bicyclic) bond motifs is 2. The number of rotatable bonds is 3. The van der Waals surface area contributed by atoms with Crippen LogP contribution in [0.25, 0.3) is 0 Å². The van der Waals surface area contributed by atoms with Crippen molar-refractivity contribution in [2.75, 3.05) is 0 Å². The summed E-state index contributed by atoms with van der Waals surface area (Å²) in [6.07, 6.45) is 7.44. The van der Waals surface area contributed by atoms with Crippen molar-refractivity contribution in [3.8, 4) is 0 Å². The van der Waals surface area contributed by atoms with Crippen molar-refractivity contribution in [3.63, 3.8) is 0 Å². The summed E-state index contributed by atoms with van der Waals surface area (Å²) in [4.78, 5) is 0. The van der Waals surface area contributed by atoms with Gasteiger partial charge in [-0.2, -0.15) is 5.10 Å². The lowest BCUT2D eigenvalue weighted by atomic mass is 9.82. The first kappa shape index (κ1) is 11.7. The molecule has 0 saturated heterocycles. The van der Waals surface area contributed by atoms with Gasteiger partial charge >= 0.3 is 0 Å². The van der Waals surface area contributed by atoms with E-state index in [1.54, 1.807) is 0 Å². The molecule has 17 heavy (non-hydrogen) atoms. The van der Waals surface area contributed by atoms with Crippen LogP contribution in [0.4, 0.5) is 0 Å². The maximum absolute atomic E-state index is 6.52. The minimum absolute atomic E-state index is 0.155. The van der Waals surface area contributed by atoms with Crippen LogP contribution in [0.1, 0.15) is 44.3 Å². The highest BCUT2D eigenvalue weighted by Crippen LogP contribution is 2.52. The zero-order valence-electron chi connectivity index (χ0n) is 10.3. The van der Waals surface area contributed by atoms with E-state index in [1.807, 2.05) is 10.9 Å². The molecule has 4 unspecified atom stereocenters. The summed E-state index contributed by atoms with van der Waals surface area (Å²) in [6, 6.07) is 0.155. The predicted octanol–water partition coefficient (Wildman–Crippen LogP) is 3.10. The highest BCUT2D eigenvalue weighted by Gasteiger charge is 2.43. The summed E-state index contributed by atoms with van der Waals surface area (Å²) >= 11 is 3.60. The van der Waals surface area contributed by atoms with Crippen molar-refractivity contribution in [3.05, 3.63) is 16.4 Å². The van der Waals surface area contributed by atoms with Gasteiger partial charge in [0.15, 0.2) is 0 Å². The monoisotopic (exact) mass is 297 g/mol. The van der Waals surface area contributed by atoms with Gasteiger partial charge in [0.05, 0.1) is 22.4 Å². The fourth-order valence-electron chi connectivity index (χ4n) is 3.89. The molecule has 4 atom stereocenters. The lowest BCUT2D eigenvalue weighted by molar-refractivity contribution is 0.275. The van der Waals surface area contributed by atoms with Crippen LogP contribution in [0.5, 0.6) is 0 Å². The SMILES string of the molecule is CCn1ncc(Br)c1C(N)C1CC2CCC1C2. The minimum Gasteiger partial charge on any atom is -0.322 e. The van der Waals surface area contributed by atoms with Crippen LogP contribution in [-0.4, -0.2) is 9.78 Å². The predicted molar refractivity (Wildman–Crippen MR) is 71.5 cm³/mol. The smallest absolute Gasteiger partial charge is 0.0696 e. The van der Waals surface area contributed by atoms with Crippen molar-refractivity contribution < 1.29 is 0 Å². The minimum atomic E-state index is 0.155. The molecule has 0 aromatic carbocycles. The van der Waals surface area contributed by atoms with Crippen molar-refractivity contribution in [1.82, 2.24) is 9.78 Å². The van der Waals surface area contributed by atoms with E-state index < -0.39 is 0 Å². The summed E-state index contributed by atoms with van der Waals surface area (Å²) in [5, 5.41) is 4.38. The average Bonchev–Trinajstić information content (AvgIpc) is 3.01. The van der Waals surface area contributed by atoms with Gasteiger partial charge in [0.2, 0.25) is 0 Å². The maximum atomic E-state index is 6.52. The summed E-state index contributed by atoms with van der Waals surface area (Å²) in [7, 11) is 0. The first-order valence-electron chi connectivity index (χ1n) is 6.67. The van der Waals surface area contributed by atoms with Crippen LogP contribution in [0.3, 0.4) is 0 Å². The molecule has 0 amide bonds. The van der Waals surface area contributed by atoms with E-state index in [0.29, 0.717) is 5.92 Å². The Kier molecular flexibility index (Phi) is 3.03. The Morgan fingerprint density at radius 1 is 1.53 bits per heavy atom. The molecule has 2 aliphatic carbocycles. The summed E-state index contributed by atoms with van der Waals surface area (Å²) < 4.78 is 3.12. The molecule has 2 bridgehead atoms. The standard InChI is InChI=1S/C13H20BrN3/c1-2-17-13(11(14)7-16-17)12(15)10-6-8-3-4-9(10)5-8/h7-10,12H,2-6,15H2,1H3. The van der Waals surface area contributed by atoms with Crippen molar-refractivity contribution in [2.24, 2.45) is 23.5 Å². The number of hydrogen-bond donors (Lipinski definition) is 1. The second kappa shape index (κ2) is 4.39. The number of hydrogen-bond acceptors (Lipinski definition) is 2. The highest BCUT2D eigenvalue weighted by atomic mass is 79.9. The highest BCUT2D eigenvalue weighted by molar-refractivity contribution is 9.10. The van der Waals surface area contributed by atoms with E-state index in [2.05, 4.69) is 28.0 Å². The molecule has 4 heteroatoms. The number of aromatic nitrogens is 2. The molecular weight excluding hydrogens is 278 g/mol. The molecule has 0 aliphatic heterocycles. The van der Waals surface area contributed by atoms with E-state index in [1.165, 1.54) is 31.4 Å². The summed E-state index contributed by atoms with van der Waals surface area (Å²) in [5.74, 6) is 2.49. The number of halogens is 1. The molecule has 2 fully saturated rings. The van der Waals surface area contributed by atoms with Gasteiger partial charge in [-0.3, -0.25) is 4.68 Å². The Bertz CT molecular complexity index is 415. The van der Waals surface area contributed by atoms with Crippen molar-refractivity contribution >= 4 is 15.9 Å². The second-order valence-electron chi connectivity index (χ2n) is 5.56. The first-order chi connectivity index (χ1) is 8.20. The van der Waals surface area contributed by atoms with Gasteiger partial charge in [-0.25, -0.2) is 0 Å². The average molecular weight is 298 g/mol. The zero-order valence-corrected chi connectivity index (χ0v) is 11.9. The second-order valence-corrected chi connectivity index (χ2v) is 6.41. The van der Waals surface area contributed by atoms with E-state index in [9.17, 15) is 0 Å². The van der Waals surface area contributed by atoms with E-state index in [-0.39, 0.29) is 6.04 Å². The van der Waals surface area contributed by atoms with Crippen LogP contribution < -0.4 is 5.73 Å². The third kappa shape index (κ3) is 1.85. The fourth-order valence-corrected chi connectivity index (χ4v) is 4.45. The lowest BCUT2D eigenvalue weighted by Crippen LogP contribution is -2.28. The molecule has 2 saturated carbocycles. The topological polar surface area (TPSA) is 43.8 Å². The Morgan fingerprint density at radius 3 is 2.94 bits per heavy atom. The third-order valence-corrected chi connectivity index (χ3v) is 5.31. The maximum Gasteiger partial charge on any atom is 0.0696 e. The fraction of sp³-hybridized carbons (Fsp3) is 0.769. The molecule has 0 radical (unpaired) electrons. The van der Waals surface area contributed by atoms with Crippen LogP contribution in [0.15, 0.2) is 10.7 Å². The van der Waals surface area contributed by atoms with Gasteiger partial charge in [-0.1, -0.05) is 6.42 Å². The van der Waals surface area contributed by atoms with Gasteiger partial charge in [-0.05, 0) is 59.9 Å². The normalized spacial score (nSPS) is 33.2. The Hall–Kier alpha value is -0.350. The van der Waals surface area contributed by atoms with Gasteiger partial charge < -0.3 is 5.73 Å². The van der Waals surface area contributed by atoms with Crippen LogP contribution >= 0.6 is 15.9 Å². The summed E-state index contributed by atoms with van der Waals surface area (Å²) in [6.45, 7) is 3.02. The van der Waals surface area contributed by atoms with Crippen LogP contribution in [0, 0.1) is 17.8 Å². The van der Waals surface area contributed by atoms with Gasteiger partial charge in [0.25, 0.3) is 0 Å². The molecule has 0 spiro atoms. The molecule has 1 heterocycles. The van der Waals surface area contributed by atoms with E-state index >= 15 is 0 Å². The Labute approximate surface area is 111 Å². The van der Waals surface area contributed by atoms with E-state index in [0.717, 1.165) is 22.9 Å². The Morgan fingerprint density at radius 2 is 2.35 bits per heavy atom. The third-order valence-electron chi connectivity index (χ3n) is 4.70. The van der Waals surface area contributed by atoms with Gasteiger partial charge in [-0.15, -0.1) is 0 Å². The van der Waals surface area contributed by atoms with Crippen molar-refractivity contribution in [2.45, 2.75) is 45.2 Å². The quantitative estimate of drug-likeness (QED) is 0.932. The first-order valence-corrected chi connectivity index (χ1v) is 7.46. The lowest BCUT2D eigenvalue weighted by Gasteiger charge is -2.28. The molecule has 1 aromatic rings. The molecule has 94 valence electrons. The van der Waals surface area contributed by atoms with Gasteiger partial charge in [0, 0.05) is 6.54 Å². The Balaban J connectivity index is 1.86. The molecule has 3 rings (SSSR count). The molecular formula is C13H20BrN3. The summed E-state index contributed by atoms with van der Waals surface area (Å²) in [5.41, 5.74) is 7.72.